The number of alkyl halides is 3. The summed E-state index contributed by atoms with van der Waals surface area (Å²) in [4.78, 5) is 27.3. The second-order valence-corrected chi connectivity index (χ2v) is 8.15. The van der Waals surface area contributed by atoms with Crippen LogP contribution in [-0.2, 0) is 17.5 Å². The minimum atomic E-state index is -4.44. The molecular formula is C20H20ClF3N4O5. The summed E-state index contributed by atoms with van der Waals surface area (Å²) < 4.78 is 45.1. The summed E-state index contributed by atoms with van der Waals surface area (Å²) in [6.07, 6.45) is -2.10. The molecule has 0 spiro atoms. The third kappa shape index (κ3) is 6.23. The predicted molar refractivity (Wildman–Crippen MR) is 111 cm³/mol. The maximum atomic E-state index is 12.9. The van der Waals surface area contributed by atoms with Crippen molar-refractivity contribution in [2.45, 2.75) is 31.7 Å². The first-order valence-electron chi connectivity index (χ1n) is 9.73. The molecule has 9 nitrogen and oxygen atoms in total. The topological polar surface area (TPSA) is 111 Å². The highest BCUT2D eigenvalue weighted by molar-refractivity contribution is 6.28. The van der Waals surface area contributed by atoms with Crippen LogP contribution in [0.5, 0.6) is 0 Å². The number of rotatable bonds is 6. The van der Waals surface area contributed by atoms with E-state index in [9.17, 15) is 33.2 Å². The van der Waals surface area contributed by atoms with E-state index in [-0.39, 0.29) is 24.9 Å². The van der Waals surface area contributed by atoms with Crippen molar-refractivity contribution in [2.24, 2.45) is 0 Å². The Balaban J connectivity index is 1.57. The fraction of sp³-hybridized carbons (Fsp3) is 0.400. The van der Waals surface area contributed by atoms with Crippen LogP contribution in [0.1, 0.15) is 24.5 Å². The molecule has 1 unspecified atom stereocenters. The fourth-order valence-corrected chi connectivity index (χ4v) is 3.49. The maximum Gasteiger partial charge on any atom is 0.416 e. The molecule has 33 heavy (non-hydrogen) atoms. The van der Waals surface area contributed by atoms with Gasteiger partial charge in [-0.3, -0.25) is 4.57 Å². The maximum absolute atomic E-state index is 12.9. The highest BCUT2D eigenvalue weighted by atomic mass is 35.5. The normalized spacial score (nSPS) is 16.2. The van der Waals surface area contributed by atoms with Gasteiger partial charge in [-0.25, -0.2) is 4.79 Å². The number of halogens is 4. The SMILES string of the molecule is CC(O)(COC(=O)N1CC=C(c2cccc(C(F)(F)F)c2)CC1)Cn1cc([N+](=O)[O-])nc1Cl. The quantitative estimate of drug-likeness (QED) is 0.483. The van der Waals surface area contributed by atoms with Crippen LogP contribution in [0, 0.1) is 10.1 Å². The number of carbonyl (C=O) groups is 1. The lowest BCUT2D eigenvalue weighted by molar-refractivity contribution is -0.389. The van der Waals surface area contributed by atoms with E-state index in [1.54, 1.807) is 12.1 Å². The van der Waals surface area contributed by atoms with Crippen molar-refractivity contribution in [1.29, 1.82) is 0 Å². The Hall–Kier alpha value is -3.12. The molecule has 3 rings (SSSR count). The van der Waals surface area contributed by atoms with Gasteiger partial charge in [-0.2, -0.15) is 13.2 Å². The molecule has 1 aliphatic heterocycles. The zero-order valence-electron chi connectivity index (χ0n) is 17.4. The van der Waals surface area contributed by atoms with Crippen LogP contribution in [0.2, 0.25) is 5.28 Å². The minimum absolute atomic E-state index is 0.131. The number of hydrogen-bond donors (Lipinski definition) is 1. The molecule has 0 bridgehead atoms. The Bertz CT molecular complexity index is 1080. The third-order valence-electron chi connectivity index (χ3n) is 4.95. The van der Waals surface area contributed by atoms with Crippen molar-refractivity contribution in [3.05, 3.63) is 63.1 Å². The average Bonchev–Trinajstić information content (AvgIpc) is 3.11. The molecule has 0 aliphatic carbocycles. The van der Waals surface area contributed by atoms with E-state index < -0.39 is 40.8 Å². The number of benzene rings is 1. The van der Waals surface area contributed by atoms with Gasteiger partial charge in [0.25, 0.3) is 0 Å². The number of aliphatic hydroxyl groups is 1. The number of nitrogens with zero attached hydrogens (tertiary/aromatic N) is 4. The molecule has 0 saturated heterocycles. The molecule has 1 aromatic heterocycles. The highest BCUT2D eigenvalue weighted by Crippen LogP contribution is 2.32. The van der Waals surface area contributed by atoms with Crippen LogP contribution in [0.25, 0.3) is 5.57 Å². The summed E-state index contributed by atoms with van der Waals surface area (Å²) in [5.41, 5.74) is -1.21. The molecule has 178 valence electrons. The molecule has 1 aliphatic rings. The summed E-state index contributed by atoms with van der Waals surface area (Å²) in [6, 6.07) is 4.99. The third-order valence-corrected chi connectivity index (χ3v) is 5.25. The lowest BCUT2D eigenvalue weighted by Crippen LogP contribution is -2.41. The zero-order chi connectivity index (χ0) is 24.4. The molecular weight excluding hydrogens is 469 g/mol. The zero-order valence-corrected chi connectivity index (χ0v) is 18.1. The molecule has 1 atom stereocenters. The number of amides is 1. The van der Waals surface area contributed by atoms with E-state index in [2.05, 4.69) is 4.98 Å². The Morgan fingerprint density at radius 1 is 1.39 bits per heavy atom. The summed E-state index contributed by atoms with van der Waals surface area (Å²) in [5, 5.41) is 21.1. The van der Waals surface area contributed by atoms with Crippen LogP contribution in [0.15, 0.2) is 36.5 Å². The standard InChI is InChI=1S/C20H20ClF3N4O5/c1-19(30,11-27-10-16(28(31)32)25-17(27)21)12-33-18(29)26-7-5-13(6-8-26)14-3-2-4-15(9-14)20(22,23)24/h2-5,9-10,30H,6-8,11-12H2,1H3. The Kier molecular flexibility index (Phi) is 6.98. The van der Waals surface area contributed by atoms with Gasteiger partial charge in [0.15, 0.2) is 0 Å². The van der Waals surface area contributed by atoms with E-state index in [0.717, 1.165) is 18.3 Å². The number of imidazole rings is 1. The van der Waals surface area contributed by atoms with Gasteiger partial charge < -0.3 is 24.9 Å². The fourth-order valence-electron chi connectivity index (χ4n) is 3.29. The summed E-state index contributed by atoms with van der Waals surface area (Å²) in [6.45, 7) is 1.09. The van der Waals surface area contributed by atoms with Gasteiger partial charge in [-0.1, -0.05) is 18.2 Å². The molecule has 0 saturated carbocycles. The van der Waals surface area contributed by atoms with Crippen molar-refractivity contribution in [3.8, 4) is 0 Å². The molecule has 2 heterocycles. The summed E-state index contributed by atoms with van der Waals surface area (Å²) in [5.74, 6) is -0.482. The van der Waals surface area contributed by atoms with E-state index in [0.29, 0.717) is 17.6 Å². The number of nitro groups is 1. The first kappa shape index (κ1) is 24.5. The van der Waals surface area contributed by atoms with Gasteiger partial charge in [0.05, 0.1) is 12.1 Å². The molecule has 0 fully saturated rings. The second-order valence-electron chi connectivity index (χ2n) is 7.81. The largest absolute Gasteiger partial charge is 0.446 e. The van der Waals surface area contributed by atoms with E-state index in [1.165, 1.54) is 22.5 Å². The molecule has 1 aromatic carbocycles. The van der Waals surface area contributed by atoms with Gasteiger partial charge in [0.1, 0.15) is 18.4 Å². The predicted octanol–water partition coefficient (Wildman–Crippen LogP) is 4.14. The molecule has 13 heteroatoms. The van der Waals surface area contributed by atoms with Crippen LogP contribution in [0.4, 0.5) is 23.8 Å². The van der Waals surface area contributed by atoms with Crippen LogP contribution in [-0.4, -0.2) is 55.9 Å². The Morgan fingerprint density at radius 2 is 2.12 bits per heavy atom. The van der Waals surface area contributed by atoms with Crippen molar-refractivity contribution >= 4 is 29.1 Å². The lowest BCUT2D eigenvalue weighted by Gasteiger charge is -2.28. The summed E-state index contributed by atoms with van der Waals surface area (Å²) >= 11 is 5.83. The van der Waals surface area contributed by atoms with E-state index in [4.69, 9.17) is 16.3 Å². The molecule has 1 N–H and O–H groups in total. The van der Waals surface area contributed by atoms with Crippen LogP contribution < -0.4 is 0 Å². The minimum Gasteiger partial charge on any atom is -0.446 e. The van der Waals surface area contributed by atoms with Crippen LogP contribution in [0.3, 0.4) is 0 Å². The average molecular weight is 489 g/mol. The Morgan fingerprint density at radius 3 is 2.70 bits per heavy atom. The summed E-state index contributed by atoms with van der Waals surface area (Å²) in [7, 11) is 0. The monoisotopic (exact) mass is 488 g/mol. The van der Waals surface area contributed by atoms with Crippen molar-refractivity contribution in [2.75, 3.05) is 19.7 Å². The molecule has 2 aromatic rings. The van der Waals surface area contributed by atoms with Gasteiger partial charge in [-0.05, 0) is 58.1 Å². The number of carbonyl (C=O) groups excluding carboxylic acids is 1. The molecule has 0 radical (unpaired) electrons. The smallest absolute Gasteiger partial charge is 0.416 e. The van der Waals surface area contributed by atoms with E-state index in [1.807, 2.05) is 0 Å². The van der Waals surface area contributed by atoms with E-state index >= 15 is 0 Å². The second kappa shape index (κ2) is 9.40. The van der Waals surface area contributed by atoms with Gasteiger partial charge in [0.2, 0.25) is 0 Å². The first-order valence-corrected chi connectivity index (χ1v) is 10.1. The number of hydrogen-bond acceptors (Lipinski definition) is 6. The number of aromatic nitrogens is 2. The first-order chi connectivity index (χ1) is 15.4. The lowest BCUT2D eigenvalue weighted by atomic mass is 9.98. The van der Waals surface area contributed by atoms with Gasteiger partial charge >= 0.3 is 23.4 Å². The van der Waals surface area contributed by atoms with Gasteiger partial charge in [0, 0.05) is 13.1 Å². The molecule has 1 amide bonds. The van der Waals surface area contributed by atoms with Crippen molar-refractivity contribution < 1.29 is 32.7 Å². The van der Waals surface area contributed by atoms with Gasteiger partial charge in [-0.15, -0.1) is 0 Å². The Labute approximate surface area is 191 Å². The van der Waals surface area contributed by atoms with Crippen molar-refractivity contribution in [3.63, 3.8) is 0 Å². The number of ether oxygens (including phenoxy) is 1. The van der Waals surface area contributed by atoms with Crippen LogP contribution >= 0.6 is 11.6 Å². The van der Waals surface area contributed by atoms with Crippen molar-refractivity contribution in [1.82, 2.24) is 14.5 Å². The highest BCUT2D eigenvalue weighted by Gasteiger charge is 2.31.